The van der Waals surface area contributed by atoms with Gasteiger partial charge in [-0.1, -0.05) is 48.3 Å². The fourth-order valence-electron chi connectivity index (χ4n) is 2.89. The summed E-state index contributed by atoms with van der Waals surface area (Å²) in [4.78, 5) is 0. The molecule has 0 aliphatic heterocycles. The molecule has 1 aliphatic rings. The topological polar surface area (TPSA) is 12.0 Å². The molecule has 0 heterocycles. The van der Waals surface area contributed by atoms with E-state index in [4.69, 9.17) is 0 Å². The number of rotatable bonds is 4. The SMILES string of the molecule is CCNC1CC(c2cccc(Br)c2)C1CC. The second kappa shape index (κ2) is 5.33. The van der Waals surface area contributed by atoms with Crippen LogP contribution in [0.15, 0.2) is 28.7 Å². The van der Waals surface area contributed by atoms with E-state index in [-0.39, 0.29) is 0 Å². The third-order valence-electron chi connectivity index (χ3n) is 3.76. The minimum atomic E-state index is 0.735. The van der Waals surface area contributed by atoms with Crippen LogP contribution in [-0.2, 0) is 0 Å². The highest BCUT2D eigenvalue weighted by atomic mass is 79.9. The van der Waals surface area contributed by atoms with Crippen molar-refractivity contribution in [2.75, 3.05) is 6.54 Å². The summed E-state index contributed by atoms with van der Waals surface area (Å²) in [5.74, 6) is 1.57. The molecule has 3 atom stereocenters. The Morgan fingerprint density at radius 1 is 1.38 bits per heavy atom. The lowest BCUT2D eigenvalue weighted by molar-refractivity contribution is 0.163. The highest BCUT2D eigenvalue weighted by Crippen LogP contribution is 2.44. The molecule has 1 fully saturated rings. The zero-order chi connectivity index (χ0) is 11.5. The van der Waals surface area contributed by atoms with Gasteiger partial charge >= 0.3 is 0 Å². The smallest absolute Gasteiger partial charge is 0.0178 e. The zero-order valence-corrected chi connectivity index (χ0v) is 11.6. The molecule has 3 unspecified atom stereocenters. The van der Waals surface area contributed by atoms with Crippen LogP contribution in [0.25, 0.3) is 0 Å². The molecule has 0 radical (unpaired) electrons. The van der Waals surface area contributed by atoms with Crippen molar-refractivity contribution < 1.29 is 0 Å². The molecule has 2 rings (SSSR count). The summed E-state index contributed by atoms with van der Waals surface area (Å²) in [7, 11) is 0. The summed E-state index contributed by atoms with van der Waals surface area (Å²) in [6.45, 7) is 5.59. The van der Waals surface area contributed by atoms with Gasteiger partial charge in [-0.2, -0.15) is 0 Å². The minimum absolute atomic E-state index is 0.735. The van der Waals surface area contributed by atoms with Crippen LogP contribution in [0.5, 0.6) is 0 Å². The van der Waals surface area contributed by atoms with E-state index in [9.17, 15) is 0 Å². The van der Waals surface area contributed by atoms with Crippen LogP contribution in [-0.4, -0.2) is 12.6 Å². The van der Waals surface area contributed by atoms with E-state index in [1.54, 1.807) is 0 Å². The van der Waals surface area contributed by atoms with E-state index in [1.807, 2.05) is 0 Å². The molecule has 1 saturated carbocycles. The molecule has 0 aromatic heterocycles. The van der Waals surface area contributed by atoms with Crippen molar-refractivity contribution in [3.63, 3.8) is 0 Å². The summed E-state index contributed by atoms with van der Waals surface area (Å²) >= 11 is 3.56. The Kier molecular flexibility index (Phi) is 4.04. The lowest BCUT2D eigenvalue weighted by Gasteiger charge is -2.45. The fraction of sp³-hybridized carbons (Fsp3) is 0.571. The van der Waals surface area contributed by atoms with Gasteiger partial charge in [-0.25, -0.2) is 0 Å². The number of halogens is 1. The largest absolute Gasteiger partial charge is 0.314 e. The molecule has 0 bridgehead atoms. The number of nitrogens with one attached hydrogen (secondary N) is 1. The number of hydrogen-bond acceptors (Lipinski definition) is 1. The molecule has 1 aliphatic carbocycles. The Bertz CT molecular complexity index is 350. The van der Waals surface area contributed by atoms with Gasteiger partial charge in [0.25, 0.3) is 0 Å². The van der Waals surface area contributed by atoms with Crippen molar-refractivity contribution in [3.8, 4) is 0 Å². The van der Waals surface area contributed by atoms with Crippen molar-refractivity contribution in [1.29, 1.82) is 0 Å². The average molecular weight is 282 g/mol. The van der Waals surface area contributed by atoms with E-state index in [2.05, 4.69) is 59.4 Å². The normalized spacial score (nSPS) is 28.8. The molecular weight excluding hydrogens is 262 g/mol. The predicted octanol–water partition coefficient (Wildman–Crippen LogP) is 3.94. The van der Waals surface area contributed by atoms with Gasteiger partial charge < -0.3 is 5.32 Å². The molecule has 1 nitrogen and oxygen atoms in total. The maximum absolute atomic E-state index is 3.59. The zero-order valence-electron chi connectivity index (χ0n) is 10.0. The van der Waals surface area contributed by atoms with Crippen molar-refractivity contribution in [2.24, 2.45) is 5.92 Å². The molecule has 1 N–H and O–H groups in total. The summed E-state index contributed by atoms with van der Waals surface area (Å²) < 4.78 is 1.20. The highest BCUT2D eigenvalue weighted by molar-refractivity contribution is 9.10. The Labute approximate surface area is 107 Å². The Morgan fingerprint density at radius 3 is 2.81 bits per heavy atom. The first kappa shape index (κ1) is 12.1. The van der Waals surface area contributed by atoms with Crippen LogP contribution in [0.2, 0.25) is 0 Å². The Balaban J connectivity index is 2.07. The summed E-state index contributed by atoms with van der Waals surface area (Å²) in [5, 5.41) is 3.59. The van der Waals surface area contributed by atoms with Gasteiger partial charge in [0.2, 0.25) is 0 Å². The van der Waals surface area contributed by atoms with Crippen molar-refractivity contribution in [3.05, 3.63) is 34.3 Å². The quantitative estimate of drug-likeness (QED) is 0.882. The monoisotopic (exact) mass is 281 g/mol. The number of hydrogen-bond donors (Lipinski definition) is 1. The van der Waals surface area contributed by atoms with Crippen LogP contribution in [0, 0.1) is 5.92 Å². The first-order valence-electron chi connectivity index (χ1n) is 6.25. The van der Waals surface area contributed by atoms with Crippen LogP contribution in [0.3, 0.4) is 0 Å². The van der Waals surface area contributed by atoms with Gasteiger partial charge in [-0.05, 0) is 42.5 Å². The molecule has 0 saturated heterocycles. The van der Waals surface area contributed by atoms with E-state index in [1.165, 1.54) is 22.9 Å². The Morgan fingerprint density at radius 2 is 2.19 bits per heavy atom. The summed E-state index contributed by atoms with van der Waals surface area (Å²) in [6.07, 6.45) is 2.57. The van der Waals surface area contributed by atoms with Gasteiger partial charge in [-0.3, -0.25) is 0 Å². The molecule has 88 valence electrons. The van der Waals surface area contributed by atoms with Crippen LogP contribution >= 0.6 is 15.9 Å². The van der Waals surface area contributed by atoms with E-state index in [0.29, 0.717) is 0 Å². The minimum Gasteiger partial charge on any atom is -0.314 e. The van der Waals surface area contributed by atoms with Gasteiger partial charge in [0.15, 0.2) is 0 Å². The summed E-state index contributed by atoms with van der Waals surface area (Å²) in [5.41, 5.74) is 1.50. The van der Waals surface area contributed by atoms with Gasteiger partial charge in [0, 0.05) is 10.5 Å². The third-order valence-corrected chi connectivity index (χ3v) is 4.25. The van der Waals surface area contributed by atoms with Crippen LogP contribution in [0.4, 0.5) is 0 Å². The molecule has 0 amide bonds. The van der Waals surface area contributed by atoms with E-state index in [0.717, 1.165) is 24.4 Å². The molecule has 1 aromatic rings. The second-order valence-corrected chi connectivity index (χ2v) is 5.55. The van der Waals surface area contributed by atoms with Gasteiger partial charge in [0.1, 0.15) is 0 Å². The molecule has 1 aromatic carbocycles. The number of benzene rings is 1. The van der Waals surface area contributed by atoms with Gasteiger partial charge in [0.05, 0.1) is 0 Å². The lowest BCUT2D eigenvalue weighted by Crippen LogP contribution is -2.48. The lowest BCUT2D eigenvalue weighted by atomic mass is 9.65. The second-order valence-electron chi connectivity index (χ2n) is 4.63. The van der Waals surface area contributed by atoms with Crippen molar-refractivity contribution in [1.82, 2.24) is 5.32 Å². The molecule has 16 heavy (non-hydrogen) atoms. The van der Waals surface area contributed by atoms with Crippen molar-refractivity contribution >= 4 is 15.9 Å². The molecular formula is C14H20BrN. The molecule has 2 heteroatoms. The standard InChI is InChI=1S/C14H20BrN/c1-3-12-13(9-14(12)16-4-2)10-6-5-7-11(15)8-10/h5-8,12-14,16H,3-4,9H2,1-2H3. The highest BCUT2D eigenvalue weighted by Gasteiger charge is 2.39. The maximum Gasteiger partial charge on any atom is 0.0178 e. The van der Waals surface area contributed by atoms with E-state index < -0.39 is 0 Å². The van der Waals surface area contributed by atoms with Gasteiger partial charge in [-0.15, -0.1) is 0 Å². The summed E-state index contributed by atoms with van der Waals surface area (Å²) in [6, 6.07) is 9.52. The third kappa shape index (κ3) is 2.33. The predicted molar refractivity (Wildman–Crippen MR) is 72.7 cm³/mol. The molecule has 0 spiro atoms. The first-order chi connectivity index (χ1) is 7.76. The maximum atomic E-state index is 3.59. The van der Waals surface area contributed by atoms with Crippen molar-refractivity contribution in [2.45, 2.75) is 38.6 Å². The fourth-order valence-corrected chi connectivity index (χ4v) is 3.31. The first-order valence-corrected chi connectivity index (χ1v) is 7.04. The van der Waals surface area contributed by atoms with Crippen LogP contribution < -0.4 is 5.32 Å². The Hall–Kier alpha value is -0.340. The average Bonchev–Trinajstić information content (AvgIpc) is 2.24. The van der Waals surface area contributed by atoms with Crippen LogP contribution in [0.1, 0.15) is 38.2 Å². The van der Waals surface area contributed by atoms with E-state index >= 15 is 0 Å².